The van der Waals surface area contributed by atoms with Gasteiger partial charge in [0.05, 0.1) is 11.9 Å². The third-order valence-electron chi connectivity index (χ3n) is 5.52. The number of likely N-dealkylation sites (N-methyl/N-ethyl adjacent to an activating group) is 1. The summed E-state index contributed by atoms with van der Waals surface area (Å²) in [5, 5.41) is 6.26. The summed E-state index contributed by atoms with van der Waals surface area (Å²) in [6.45, 7) is 4.35. The lowest BCUT2D eigenvalue weighted by Crippen LogP contribution is -2.44. The quantitative estimate of drug-likeness (QED) is 0.851. The zero-order valence-corrected chi connectivity index (χ0v) is 15.8. The van der Waals surface area contributed by atoms with Crippen molar-refractivity contribution >= 4 is 28.8 Å². The summed E-state index contributed by atoms with van der Waals surface area (Å²) < 4.78 is 0. The van der Waals surface area contributed by atoms with Gasteiger partial charge >= 0.3 is 0 Å². The fourth-order valence-electron chi connectivity index (χ4n) is 3.42. The standard InChI is InChI=1S/C21H27N5O/c1-25-11-13-26(14-12-25)19-8-5-17(6-9-19)23-20-10-7-18(15-22-20)24-21(27)16-3-2-4-16/h5-10,15-16H,2-4,11-14H2,1H3,(H,22,23)(H,24,27). The minimum atomic E-state index is 0.114. The van der Waals surface area contributed by atoms with Gasteiger partial charge < -0.3 is 20.4 Å². The molecule has 2 heterocycles. The Hall–Kier alpha value is -2.60. The highest BCUT2D eigenvalue weighted by atomic mass is 16.1. The monoisotopic (exact) mass is 365 g/mol. The van der Waals surface area contributed by atoms with E-state index in [1.165, 1.54) is 5.69 Å². The number of nitrogens with zero attached hydrogens (tertiary/aromatic N) is 3. The van der Waals surface area contributed by atoms with Crippen molar-refractivity contribution in [3.63, 3.8) is 0 Å². The topological polar surface area (TPSA) is 60.5 Å². The Morgan fingerprint density at radius 3 is 2.30 bits per heavy atom. The highest BCUT2D eigenvalue weighted by Crippen LogP contribution is 2.28. The summed E-state index contributed by atoms with van der Waals surface area (Å²) in [7, 11) is 2.17. The number of carbonyl (C=O) groups excluding carboxylic acids is 1. The van der Waals surface area contributed by atoms with Gasteiger partial charge in [-0.3, -0.25) is 4.79 Å². The van der Waals surface area contributed by atoms with E-state index in [1.807, 2.05) is 12.1 Å². The summed E-state index contributed by atoms with van der Waals surface area (Å²) in [4.78, 5) is 21.2. The van der Waals surface area contributed by atoms with Gasteiger partial charge in [0, 0.05) is 43.5 Å². The Labute approximate surface area is 160 Å². The molecule has 1 saturated heterocycles. The van der Waals surface area contributed by atoms with Gasteiger partial charge in [-0.15, -0.1) is 0 Å². The number of carbonyl (C=O) groups is 1. The van der Waals surface area contributed by atoms with Gasteiger partial charge in [0.1, 0.15) is 5.82 Å². The average Bonchev–Trinajstić information content (AvgIpc) is 2.63. The molecule has 2 aromatic rings. The lowest BCUT2D eigenvalue weighted by molar-refractivity contribution is -0.122. The molecule has 2 N–H and O–H groups in total. The maximum Gasteiger partial charge on any atom is 0.227 e. The normalized spacial score (nSPS) is 18.0. The molecular formula is C21H27N5O. The molecule has 6 heteroatoms. The van der Waals surface area contributed by atoms with Crippen molar-refractivity contribution in [1.29, 1.82) is 0 Å². The molecule has 1 amide bonds. The van der Waals surface area contributed by atoms with Crippen molar-refractivity contribution in [1.82, 2.24) is 9.88 Å². The van der Waals surface area contributed by atoms with Crippen LogP contribution in [-0.4, -0.2) is 49.0 Å². The molecule has 0 unspecified atom stereocenters. The molecule has 142 valence electrons. The minimum absolute atomic E-state index is 0.114. The Kier molecular flexibility index (Phi) is 5.25. The van der Waals surface area contributed by atoms with Crippen LogP contribution in [0.5, 0.6) is 0 Å². The minimum Gasteiger partial charge on any atom is -0.369 e. The molecule has 0 bridgehead atoms. The van der Waals surface area contributed by atoms with Crippen LogP contribution in [0.4, 0.5) is 22.9 Å². The molecular weight excluding hydrogens is 338 g/mol. The number of nitrogens with one attached hydrogen (secondary N) is 2. The highest BCUT2D eigenvalue weighted by Gasteiger charge is 2.25. The van der Waals surface area contributed by atoms with Crippen molar-refractivity contribution in [2.75, 3.05) is 48.8 Å². The Bertz CT molecular complexity index is 762. The Morgan fingerprint density at radius 1 is 1.00 bits per heavy atom. The van der Waals surface area contributed by atoms with E-state index in [2.05, 4.69) is 56.7 Å². The van der Waals surface area contributed by atoms with Gasteiger partial charge in [-0.1, -0.05) is 6.42 Å². The van der Waals surface area contributed by atoms with E-state index in [4.69, 9.17) is 0 Å². The first-order valence-electron chi connectivity index (χ1n) is 9.75. The van der Waals surface area contributed by atoms with Gasteiger partial charge in [-0.25, -0.2) is 4.98 Å². The number of piperazine rings is 1. The number of aromatic nitrogens is 1. The average molecular weight is 365 g/mol. The van der Waals surface area contributed by atoms with E-state index in [1.54, 1.807) is 6.20 Å². The van der Waals surface area contributed by atoms with Gasteiger partial charge in [-0.05, 0) is 56.3 Å². The molecule has 2 aliphatic rings. The van der Waals surface area contributed by atoms with Crippen molar-refractivity contribution in [3.05, 3.63) is 42.6 Å². The number of anilines is 4. The van der Waals surface area contributed by atoms with Crippen molar-refractivity contribution in [2.24, 2.45) is 5.92 Å². The molecule has 1 saturated carbocycles. The van der Waals surface area contributed by atoms with Crippen molar-refractivity contribution in [2.45, 2.75) is 19.3 Å². The summed E-state index contributed by atoms with van der Waals surface area (Å²) in [5.74, 6) is 1.06. The van der Waals surface area contributed by atoms with Crippen molar-refractivity contribution < 1.29 is 4.79 Å². The summed E-state index contributed by atoms with van der Waals surface area (Å²) in [6.07, 6.45) is 4.87. The summed E-state index contributed by atoms with van der Waals surface area (Å²) in [6, 6.07) is 12.3. The zero-order valence-electron chi connectivity index (χ0n) is 15.8. The lowest BCUT2D eigenvalue weighted by Gasteiger charge is -2.34. The van der Waals surface area contributed by atoms with E-state index in [0.717, 1.165) is 62.6 Å². The second-order valence-electron chi connectivity index (χ2n) is 7.51. The number of benzene rings is 1. The lowest BCUT2D eigenvalue weighted by atomic mass is 9.85. The largest absolute Gasteiger partial charge is 0.369 e. The van der Waals surface area contributed by atoms with E-state index in [-0.39, 0.29) is 11.8 Å². The highest BCUT2D eigenvalue weighted by molar-refractivity contribution is 5.92. The number of hydrogen-bond acceptors (Lipinski definition) is 5. The van der Waals surface area contributed by atoms with Crippen LogP contribution in [0.3, 0.4) is 0 Å². The maximum atomic E-state index is 12.0. The second-order valence-corrected chi connectivity index (χ2v) is 7.51. The van der Waals surface area contributed by atoms with Gasteiger partial charge in [-0.2, -0.15) is 0 Å². The van der Waals surface area contributed by atoms with Crippen LogP contribution in [0, 0.1) is 5.92 Å². The molecule has 1 aromatic heterocycles. The predicted octanol–water partition coefficient (Wildman–Crippen LogP) is 3.32. The van der Waals surface area contributed by atoms with Crippen LogP contribution >= 0.6 is 0 Å². The second kappa shape index (κ2) is 7.96. The molecule has 1 aromatic carbocycles. The Morgan fingerprint density at radius 2 is 1.70 bits per heavy atom. The third-order valence-corrected chi connectivity index (χ3v) is 5.52. The van der Waals surface area contributed by atoms with Crippen LogP contribution in [0.1, 0.15) is 19.3 Å². The van der Waals surface area contributed by atoms with Gasteiger partial charge in [0.15, 0.2) is 0 Å². The number of amides is 1. The third kappa shape index (κ3) is 4.39. The zero-order chi connectivity index (χ0) is 18.6. The smallest absolute Gasteiger partial charge is 0.227 e. The van der Waals surface area contributed by atoms with Crippen LogP contribution in [-0.2, 0) is 4.79 Å². The molecule has 0 spiro atoms. The molecule has 6 nitrogen and oxygen atoms in total. The number of rotatable bonds is 5. The number of pyridine rings is 1. The van der Waals surface area contributed by atoms with Crippen molar-refractivity contribution in [3.8, 4) is 0 Å². The fraction of sp³-hybridized carbons (Fsp3) is 0.429. The van der Waals surface area contributed by atoms with E-state index < -0.39 is 0 Å². The van der Waals surface area contributed by atoms with E-state index in [0.29, 0.717) is 0 Å². The summed E-state index contributed by atoms with van der Waals surface area (Å²) >= 11 is 0. The first-order valence-corrected chi connectivity index (χ1v) is 9.75. The predicted molar refractivity (Wildman–Crippen MR) is 110 cm³/mol. The first-order chi connectivity index (χ1) is 13.2. The van der Waals surface area contributed by atoms with Gasteiger partial charge in [0.2, 0.25) is 5.91 Å². The van der Waals surface area contributed by atoms with E-state index >= 15 is 0 Å². The molecule has 1 aliphatic heterocycles. The summed E-state index contributed by atoms with van der Waals surface area (Å²) in [5.41, 5.74) is 3.02. The number of hydrogen-bond donors (Lipinski definition) is 2. The maximum absolute atomic E-state index is 12.0. The van der Waals surface area contributed by atoms with Gasteiger partial charge in [0.25, 0.3) is 0 Å². The molecule has 2 fully saturated rings. The molecule has 1 aliphatic carbocycles. The molecule has 27 heavy (non-hydrogen) atoms. The SMILES string of the molecule is CN1CCN(c2ccc(Nc3ccc(NC(=O)C4CCC4)cn3)cc2)CC1. The fourth-order valence-corrected chi connectivity index (χ4v) is 3.42. The van der Waals surface area contributed by atoms with Crippen LogP contribution in [0.25, 0.3) is 0 Å². The van der Waals surface area contributed by atoms with Crippen LogP contribution in [0.15, 0.2) is 42.6 Å². The molecule has 4 rings (SSSR count). The van der Waals surface area contributed by atoms with E-state index in [9.17, 15) is 4.79 Å². The molecule has 0 radical (unpaired) electrons. The molecule has 0 atom stereocenters. The first kappa shape index (κ1) is 17.8. The van der Waals surface area contributed by atoms with Crippen LogP contribution < -0.4 is 15.5 Å². The Balaban J connectivity index is 1.32. The van der Waals surface area contributed by atoms with Crippen LogP contribution in [0.2, 0.25) is 0 Å².